The molecule has 3 aliphatic rings. The molecule has 3 aromatic rings. The number of nitrogens with zero attached hydrogens (tertiary/aromatic N) is 3. The highest BCUT2D eigenvalue weighted by atomic mass is 35.5. The summed E-state index contributed by atoms with van der Waals surface area (Å²) < 4.78 is 28.9. The molecule has 0 spiro atoms. The van der Waals surface area contributed by atoms with Crippen molar-refractivity contribution in [2.75, 3.05) is 5.32 Å². The minimum atomic E-state index is -0.756. The van der Waals surface area contributed by atoms with Crippen molar-refractivity contribution in [3.63, 3.8) is 0 Å². The summed E-state index contributed by atoms with van der Waals surface area (Å²) in [4.78, 5) is 8.37. The lowest BCUT2D eigenvalue weighted by Gasteiger charge is -2.42. The summed E-state index contributed by atoms with van der Waals surface area (Å²) >= 11 is 6.01. The van der Waals surface area contributed by atoms with Crippen LogP contribution in [0.25, 0.3) is 22.4 Å². The summed E-state index contributed by atoms with van der Waals surface area (Å²) in [6, 6.07) is 2.70. The average Bonchev–Trinajstić information content (AvgIpc) is 3.08. The number of pyridine rings is 2. The van der Waals surface area contributed by atoms with Gasteiger partial charge in [0.1, 0.15) is 5.69 Å². The van der Waals surface area contributed by atoms with E-state index >= 15 is 0 Å². The topological polar surface area (TPSA) is 66.5 Å². The molecule has 0 saturated heterocycles. The van der Waals surface area contributed by atoms with Crippen molar-refractivity contribution >= 4 is 28.5 Å². The number of fused-ring (bicyclic) bond motifs is 4. The Balaban J connectivity index is 1.53. The third-order valence-electron chi connectivity index (χ3n) is 5.91. The lowest BCUT2D eigenvalue weighted by molar-refractivity contribution is 0.157. The minimum absolute atomic E-state index is 0.00596. The number of aromatic nitrogens is 4. The van der Waals surface area contributed by atoms with Crippen molar-refractivity contribution in [1.82, 2.24) is 20.2 Å². The second-order valence-electron chi connectivity index (χ2n) is 7.54. The van der Waals surface area contributed by atoms with Gasteiger partial charge in [-0.2, -0.15) is 5.10 Å². The third-order valence-corrected chi connectivity index (χ3v) is 6.12. The summed E-state index contributed by atoms with van der Waals surface area (Å²) in [6.45, 7) is 0. The highest BCUT2D eigenvalue weighted by Gasteiger charge is 2.36. The Morgan fingerprint density at radius 3 is 2.67 bits per heavy atom. The molecule has 0 aliphatic heterocycles. The van der Waals surface area contributed by atoms with E-state index in [1.807, 2.05) is 0 Å². The fourth-order valence-corrected chi connectivity index (χ4v) is 4.69. The molecule has 0 radical (unpaired) electrons. The molecule has 3 aromatic heterocycles. The van der Waals surface area contributed by atoms with Gasteiger partial charge < -0.3 is 5.32 Å². The van der Waals surface area contributed by atoms with Crippen LogP contribution >= 0.6 is 11.6 Å². The summed E-state index contributed by atoms with van der Waals surface area (Å²) in [6.07, 6.45) is 7.31. The number of hydrogen-bond acceptors (Lipinski definition) is 4. The maximum absolute atomic E-state index is 14.5. The minimum Gasteiger partial charge on any atom is -0.365 e. The summed E-state index contributed by atoms with van der Waals surface area (Å²) in [5.74, 6) is -0.131. The molecular weight excluding hydrogens is 372 g/mol. The molecule has 0 amide bonds. The quantitative estimate of drug-likeness (QED) is 0.665. The Morgan fingerprint density at radius 2 is 1.93 bits per heavy atom. The van der Waals surface area contributed by atoms with Crippen molar-refractivity contribution in [2.24, 2.45) is 11.8 Å². The van der Waals surface area contributed by atoms with Crippen LogP contribution in [-0.4, -0.2) is 26.2 Å². The van der Waals surface area contributed by atoms with Gasteiger partial charge in [0, 0.05) is 23.7 Å². The van der Waals surface area contributed by atoms with Gasteiger partial charge in [0.2, 0.25) is 0 Å². The van der Waals surface area contributed by atoms with Crippen molar-refractivity contribution < 1.29 is 8.78 Å². The van der Waals surface area contributed by atoms with E-state index in [2.05, 4.69) is 25.5 Å². The largest absolute Gasteiger partial charge is 0.365 e. The molecule has 8 heteroatoms. The molecule has 27 heavy (non-hydrogen) atoms. The third kappa shape index (κ3) is 2.94. The zero-order valence-corrected chi connectivity index (χ0v) is 15.2. The average molecular weight is 390 g/mol. The number of halogens is 3. The molecule has 1 unspecified atom stereocenters. The van der Waals surface area contributed by atoms with Crippen LogP contribution in [-0.2, 0) is 0 Å². The number of anilines is 1. The summed E-state index contributed by atoms with van der Waals surface area (Å²) in [5.41, 5.74) is 0.746. The SMILES string of the molecule is Fc1cc(F)c(-c2[nH]nc3ncc(Cl)cc23)nc1NC1CC2CCC1CC2. The Bertz CT molecular complexity index is 1010. The second-order valence-corrected chi connectivity index (χ2v) is 7.98. The van der Waals surface area contributed by atoms with Gasteiger partial charge in [0.25, 0.3) is 0 Å². The molecule has 3 heterocycles. The lowest BCUT2D eigenvalue weighted by Crippen LogP contribution is -2.40. The fraction of sp³-hybridized carbons (Fsp3) is 0.421. The van der Waals surface area contributed by atoms with Crippen LogP contribution in [0.3, 0.4) is 0 Å². The maximum Gasteiger partial charge on any atom is 0.181 e. The number of nitrogens with one attached hydrogen (secondary N) is 2. The van der Waals surface area contributed by atoms with E-state index in [1.165, 1.54) is 19.0 Å². The molecule has 2 N–H and O–H groups in total. The predicted octanol–water partition coefficient (Wildman–Crippen LogP) is 4.94. The van der Waals surface area contributed by atoms with Crippen LogP contribution in [0.5, 0.6) is 0 Å². The van der Waals surface area contributed by atoms with Crippen LogP contribution in [0.1, 0.15) is 32.1 Å². The Kier molecular flexibility index (Phi) is 4.00. The van der Waals surface area contributed by atoms with E-state index in [4.69, 9.17) is 11.6 Å². The van der Waals surface area contributed by atoms with Gasteiger partial charge >= 0.3 is 0 Å². The standard InChI is InChI=1S/C19H18ClF2N5/c20-11-6-12-16(26-27-18(12)23-8-11)17-13(21)7-14(22)19(25-17)24-15-5-9-1-3-10(15)4-2-9/h6-10,15H,1-5H2,(H,24,25)(H,23,26,27). The summed E-state index contributed by atoms with van der Waals surface area (Å²) in [5, 5.41) is 11.0. The first-order chi connectivity index (χ1) is 13.1. The van der Waals surface area contributed by atoms with Crippen LogP contribution < -0.4 is 5.32 Å². The van der Waals surface area contributed by atoms with Crippen molar-refractivity contribution in [3.8, 4) is 11.4 Å². The van der Waals surface area contributed by atoms with E-state index in [9.17, 15) is 8.78 Å². The number of aromatic amines is 1. The van der Waals surface area contributed by atoms with Crippen LogP contribution in [0.2, 0.25) is 5.02 Å². The predicted molar refractivity (Wildman–Crippen MR) is 99.5 cm³/mol. The number of H-pyrrole nitrogens is 1. The van der Waals surface area contributed by atoms with Gasteiger partial charge in [-0.1, -0.05) is 24.4 Å². The molecule has 0 aromatic carbocycles. The first kappa shape index (κ1) is 16.9. The van der Waals surface area contributed by atoms with E-state index in [-0.39, 0.29) is 17.6 Å². The first-order valence-electron chi connectivity index (χ1n) is 9.21. The van der Waals surface area contributed by atoms with Crippen LogP contribution in [0.4, 0.5) is 14.6 Å². The number of rotatable bonds is 3. The maximum atomic E-state index is 14.5. The monoisotopic (exact) mass is 389 g/mol. The van der Waals surface area contributed by atoms with Crippen molar-refractivity contribution in [3.05, 3.63) is 35.0 Å². The van der Waals surface area contributed by atoms with Gasteiger partial charge in [-0.25, -0.2) is 18.7 Å². The molecule has 1 atom stereocenters. The Hall–Kier alpha value is -2.28. The molecule has 6 rings (SSSR count). The molecule has 3 fully saturated rings. The fourth-order valence-electron chi connectivity index (χ4n) is 4.53. The lowest BCUT2D eigenvalue weighted by atomic mass is 9.68. The van der Waals surface area contributed by atoms with Gasteiger partial charge in [0.05, 0.1) is 10.7 Å². The van der Waals surface area contributed by atoms with E-state index < -0.39 is 11.6 Å². The van der Waals surface area contributed by atoms with E-state index in [1.54, 1.807) is 6.07 Å². The van der Waals surface area contributed by atoms with Gasteiger partial charge in [-0.15, -0.1) is 0 Å². The van der Waals surface area contributed by atoms with E-state index in [0.717, 1.165) is 25.3 Å². The molecule has 140 valence electrons. The van der Waals surface area contributed by atoms with Gasteiger partial charge in [-0.05, 0) is 37.2 Å². The van der Waals surface area contributed by atoms with Gasteiger partial charge in [-0.3, -0.25) is 5.10 Å². The second kappa shape index (κ2) is 6.41. The zero-order chi connectivity index (χ0) is 18.5. The normalized spacial score (nSPS) is 24.5. The molecule has 5 nitrogen and oxygen atoms in total. The van der Waals surface area contributed by atoms with E-state index in [0.29, 0.717) is 33.6 Å². The Morgan fingerprint density at radius 1 is 1.11 bits per heavy atom. The van der Waals surface area contributed by atoms with Crippen LogP contribution in [0.15, 0.2) is 18.3 Å². The highest BCUT2D eigenvalue weighted by Crippen LogP contribution is 2.42. The van der Waals surface area contributed by atoms with Crippen LogP contribution in [0, 0.1) is 23.5 Å². The Labute approximate surface area is 159 Å². The first-order valence-corrected chi connectivity index (χ1v) is 9.59. The number of hydrogen-bond donors (Lipinski definition) is 2. The smallest absolute Gasteiger partial charge is 0.181 e. The molecule has 3 aliphatic carbocycles. The molecule has 2 bridgehead atoms. The van der Waals surface area contributed by atoms with Gasteiger partial charge in [0.15, 0.2) is 23.1 Å². The molecular formula is C19H18ClF2N5. The highest BCUT2D eigenvalue weighted by molar-refractivity contribution is 6.31. The van der Waals surface area contributed by atoms with Crippen molar-refractivity contribution in [1.29, 1.82) is 0 Å². The van der Waals surface area contributed by atoms with Crippen molar-refractivity contribution in [2.45, 2.75) is 38.1 Å². The summed E-state index contributed by atoms with van der Waals surface area (Å²) in [7, 11) is 0. The zero-order valence-electron chi connectivity index (χ0n) is 14.5. The molecule has 3 saturated carbocycles.